The van der Waals surface area contributed by atoms with Crippen molar-refractivity contribution in [3.05, 3.63) is 63.6 Å². The van der Waals surface area contributed by atoms with Crippen LogP contribution in [0.25, 0.3) is 0 Å². The second-order valence-electron chi connectivity index (χ2n) is 4.25. The zero-order chi connectivity index (χ0) is 14.7. The number of aryl methyl sites for hydroxylation is 1. The lowest BCUT2D eigenvalue weighted by molar-refractivity contribution is 0.0920. The number of carbonyl (C=O) groups is 1. The van der Waals surface area contributed by atoms with Gasteiger partial charge >= 0.3 is 0 Å². The molecule has 2 nitrogen and oxygen atoms in total. The van der Waals surface area contributed by atoms with Gasteiger partial charge in [-0.15, -0.1) is 0 Å². The molecule has 0 fully saturated rings. The molecule has 0 bridgehead atoms. The Morgan fingerprint density at radius 1 is 1.15 bits per heavy atom. The van der Waals surface area contributed by atoms with E-state index in [0.29, 0.717) is 5.75 Å². The van der Waals surface area contributed by atoms with Gasteiger partial charge in [0.25, 0.3) is 0 Å². The van der Waals surface area contributed by atoms with Crippen LogP contribution in [0.15, 0.2) is 40.9 Å². The van der Waals surface area contributed by atoms with E-state index in [4.69, 9.17) is 4.74 Å². The molecule has 0 heterocycles. The van der Waals surface area contributed by atoms with E-state index in [-0.39, 0.29) is 12.2 Å². The number of ketones is 1. The number of ether oxygens (including phenoxy) is 1. The van der Waals surface area contributed by atoms with Crippen molar-refractivity contribution in [1.29, 1.82) is 0 Å². The Morgan fingerprint density at radius 2 is 1.90 bits per heavy atom. The Kier molecular flexibility index (Phi) is 4.49. The van der Waals surface area contributed by atoms with E-state index < -0.39 is 17.4 Å². The van der Waals surface area contributed by atoms with Gasteiger partial charge in [0, 0.05) is 10.0 Å². The molecule has 0 N–H and O–H groups in total. The van der Waals surface area contributed by atoms with E-state index in [1.54, 1.807) is 6.07 Å². The summed E-state index contributed by atoms with van der Waals surface area (Å²) in [6.45, 7) is 1.62. The molecule has 0 spiro atoms. The van der Waals surface area contributed by atoms with E-state index >= 15 is 0 Å². The maximum Gasteiger partial charge on any atom is 0.200 e. The minimum Gasteiger partial charge on any atom is -0.485 e. The summed E-state index contributed by atoms with van der Waals surface area (Å²) in [7, 11) is 0. The van der Waals surface area contributed by atoms with Crippen LogP contribution in [-0.4, -0.2) is 12.4 Å². The molecule has 0 aliphatic carbocycles. The zero-order valence-electron chi connectivity index (χ0n) is 10.6. The zero-order valence-corrected chi connectivity index (χ0v) is 12.2. The van der Waals surface area contributed by atoms with Gasteiger partial charge in [-0.1, -0.05) is 22.0 Å². The number of rotatable bonds is 4. The molecule has 0 unspecified atom stereocenters. The third-order valence-corrected chi connectivity index (χ3v) is 3.24. The first-order valence-electron chi connectivity index (χ1n) is 5.84. The number of hydrogen-bond acceptors (Lipinski definition) is 2. The van der Waals surface area contributed by atoms with Gasteiger partial charge in [-0.2, -0.15) is 0 Å². The second-order valence-corrected chi connectivity index (χ2v) is 5.17. The Bertz CT molecular complexity index is 656. The minimum absolute atomic E-state index is 0.0801. The molecule has 0 radical (unpaired) electrons. The van der Waals surface area contributed by atoms with Crippen molar-refractivity contribution >= 4 is 21.7 Å². The van der Waals surface area contributed by atoms with Crippen LogP contribution in [0.4, 0.5) is 8.78 Å². The minimum atomic E-state index is -1.05. The molecule has 104 valence electrons. The second kappa shape index (κ2) is 6.13. The molecule has 0 saturated carbocycles. The Balaban J connectivity index is 2.08. The highest BCUT2D eigenvalue weighted by molar-refractivity contribution is 9.10. The fourth-order valence-corrected chi connectivity index (χ4v) is 1.97. The van der Waals surface area contributed by atoms with Gasteiger partial charge in [0.05, 0.1) is 0 Å². The highest BCUT2D eigenvalue weighted by atomic mass is 79.9. The molecule has 0 amide bonds. The number of carbonyl (C=O) groups excluding carboxylic acids is 1. The molecule has 0 aliphatic rings. The monoisotopic (exact) mass is 340 g/mol. The van der Waals surface area contributed by atoms with Crippen molar-refractivity contribution in [2.24, 2.45) is 0 Å². The van der Waals surface area contributed by atoms with Crippen LogP contribution in [0, 0.1) is 18.6 Å². The smallest absolute Gasteiger partial charge is 0.200 e. The van der Waals surface area contributed by atoms with Crippen molar-refractivity contribution in [2.45, 2.75) is 6.92 Å². The third-order valence-electron chi connectivity index (χ3n) is 2.75. The van der Waals surface area contributed by atoms with Crippen molar-refractivity contribution < 1.29 is 18.3 Å². The lowest BCUT2D eigenvalue weighted by Gasteiger charge is -2.09. The van der Waals surface area contributed by atoms with Crippen molar-refractivity contribution in [2.75, 3.05) is 6.61 Å². The maximum atomic E-state index is 13.0. The lowest BCUT2D eigenvalue weighted by atomic mass is 10.1. The lowest BCUT2D eigenvalue weighted by Crippen LogP contribution is -2.12. The average Bonchev–Trinajstić information content (AvgIpc) is 2.42. The van der Waals surface area contributed by atoms with Crippen LogP contribution >= 0.6 is 15.9 Å². The molecule has 20 heavy (non-hydrogen) atoms. The first-order chi connectivity index (χ1) is 9.47. The first kappa shape index (κ1) is 14.7. The SMILES string of the molecule is Cc1ccc(Br)cc1OCC(=O)c1ccc(F)c(F)c1. The topological polar surface area (TPSA) is 26.3 Å². The third kappa shape index (κ3) is 3.42. The van der Waals surface area contributed by atoms with Crippen LogP contribution in [-0.2, 0) is 0 Å². The van der Waals surface area contributed by atoms with Crippen molar-refractivity contribution in [3.63, 3.8) is 0 Å². The highest BCUT2D eigenvalue weighted by Crippen LogP contribution is 2.23. The summed E-state index contributed by atoms with van der Waals surface area (Å²) < 4.78 is 32.1. The number of halogens is 3. The molecule has 0 saturated heterocycles. The number of benzene rings is 2. The van der Waals surface area contributed by atoms with E-state index in [1.165, 1.54) is 6.07 Å². The fourth-order valence-electron chi connectivity index (χ4n) is 1.63. The van der Waals surface area contributed by atoms with Crippen molar-refractivity contribution in [1.82, 2.24) is 0 Å². The Hall–Kier alpha value is -1.75. The van der Waals surface area contributed by atoms with E-state index in [0.717, 1.165) is 22.2 Å². The summed E-state index contributed by atoms with van der Waals surface area (Å²) in [5, 5.41) is 0. The van der Waals surface area contributed by atoms with Crippen LogP contribution in [0.5, 0.6) is 5.75 Å². The van der Waals surface area contributed by atoms with Crippen LogP contribution in [0.3, 0.4) is 0 Å². The summed E-state index contributed by atoms with van der Waals surface area (Å²) in [4.78, 5) is 11.9. The van der Waals surface area contributed by atoms with Gasteiger partial charge in [0.2, 0.25) is 0 Å². The van der Waals surface area contributed by atoms with Gasteiger partial charge in [-0.25, -0.2) is 8.78 Å². The Labute approximate surface area is 123 Å². The highest BCUT2D eigenvalue weighted by Gasteiger charge is 2.11. The molecule has 2 rings (SSSR count). The summed E-state index contributed by atoms with van der Waals surface area (Å²) in [6, 6.07) is 8.48. The summed E-state index contributed by atoms with van der Waals surface area (Å²) in [6.07, 6.45) is 0. The summed E-state index contributed by atoms with van der Waals surface area (Å²) >= 11 is 3.31. The van der Waals surface area contributed by atoms with Crippen LogP contribution in [0.2, 0.25) is 0 Å². The number of hydrogen-bond donors (Lipinski definition) is 0. The summed E-state index contributed by atoms with van der Waals surface area (Å²) in [5.41, 5.74) is 0.961. The predicted molar refractivity (Wildman–Crippen MR) is 75.1 cm³/mol. The molecule has 2 aromatic rings. The molecule has 0 aromatic heterocycles. The average molecular weight is 341 g/mol. The predicted octanol–water partition coefficient (Wildman–Crippen LogP) is 4.30. The van der Waals surface area contributed by atoms with Crippen molar-refractivity contribution in [3.8, 4) is 5.75 Å². The van der Waals surface area contributed by atoms with E-state index in [1.807, 2.05) is 19.1 Å². The van der Waals surface area contributed by atoms with E-state index in [9.17, 15) is 13.6 Å². The van der Waals surface area contributed by atoms with Crippen LogP contribution < -0.4 is 4.74 Å². The molecular formula is C15H11BrF2O2. The molecule has 2 aromatic carbocycles. The molecule has 5 heteroatoms. The van der Waals surface area contributed by atoms with Gasteiger partial charge in [-0.05, 0) is 42.8 Å². The Morgan fingerprint density at radius 3 is 2.60 bits per heavy atom. The molecular weight excluding hydrogens is 330 g/mol. The summed E-state index contributed by atoms with van der Waals surface area (Å²) in [5.74, 6) is -1.88. The number of Topliss-reactive ketones (excluding diaryl/α,β-unsaturated/α-hetero) is 1. The molecule has 0 atom stereocenters. The standard InChI is InChI=1S/C15H11BrF2O2/c1-9-2-4-11(16)7-15(9)20-8-14(19)10-3-5-12(17)13(18)6-10/h2-7H,8H2,1H3. The van der Waals surface area contributed by atoms with Gasteiger partial charge in [0.1, 0.15) is 5.75 Å². The quantitative estimate of drug-likeness (QED) is 0.775. The van der Waals surface area contributed by atoms with Gasteiger partial charge in [0.15, 0.2) is 24.0 Å². The van der Waals surface area contributed by atoms with Gasteiger partial charge < -0.3 is 4.74 Å². The maximum absolute atomic E-state index is 13.0. The van der Waals surface area contributed by atoms with E-state index in [2.05, 4.69) is 15.9 Å². The largest absolute Gasteiger partial charge is 0.485 e. The van der Waals surface area contributed by atoms with Crippen LogP contribution in [0.1, 0.15) is 15.9 Å². The first-order valence-corrected chi connectivity index (χ1v) is 6.64. The fraction of sp³-hybridized carbons (Fsp3) is 0.133. The molecule has 0 aliphatic heterocycles. The van der Waals surface area contributed by atoms with Gasteiger partial charge in [-0.3, -0.25) is 4.79 Å². The normalized spacial score (nSPS) is 10.4.